The van der Waals surface area contributed by atoms with E-state index in [0.717, 1.165) is 29.3 Å². The number of sulfonamides is 1. The van der Waals surface area contributed by atoms with Gasteiger partial charge in [-0.15, -0.1) is 5.10 Å². The van der Waals surface area contributed by atoms with Crippen LogP contribution in [0.4, 0.5) is 11.5 Å². The average molecular weight is 356 g/mol. The molecule has 1 amide bonds. The summed E-state index contributed by atoms with van der Waals surface area (Å²) in [6.45, 7) is 2.73. The predicted octanol–water partition coefficient (Wildman–Crippen LogP) is -0.504. The summed E-state index contributed by atoms with van der Waals surface area (Å²) in [5, 5.41) is 13.8. The number of aromatic nitrogens is 2. The molecular weight excluding hydrogens is 332 g/mol. The van der Waals surface area contributed by atoms with Gasteiger partial charge in [0.05, 0.1) is 24.7 Å². The molecule has 2 rings (SSSR count). The van der Waals surface area contributed by atoms with Crippen LogP contribution in [-0.2, 0) is 14.8 Å². The van der Waals surface area contributed by atoms with E-state index in [1.165, 1.54) is 19.9 Å². The maximum atomic E-state index is 11.7. The smallest absolute Gasteiger partial charge is 0.235 e. The van der Waals surface area contributed by atoms with Gasteiger partial charge >= 0.3 is 0 Å². The second-order valence-corrected chi connectivity index (χ2v) is 7.88. The van der Waals surface area contributed by atoms with E-state index in [1.807, 2.05) is 6.07 Å². The highest BCUT2D eigenvalue weighted by Crippen LogP contribution is 2.20. The van der Waals surface area contributed by atoms with Crippen molar-refractivity contribution in [3.05, 3.63) is 12.3 Å². The fourth-order valence-corrected chi connectivity index (χ4v) is 2.71. The summed E-state index contributed by atoms with van der Waals surface area (Å²) in [6.07, 6.45) is 5.20. The van der Waals surface area contributed by atoms with Crippen LogP contribution in [0.25, 0.3) is 0 Å². The average Bonchev–Trinajstić information content (AvgIpc) is 3.05. The van der Waals surface area contributed by atoms with Crippen molar-refractivity contribution in [1.29, 1.82) is 0 Å². The second kappa shape index (κ2) is 8.25. The van der Waals surface area contributed by atoms with Gasteiger partial charge in [0.25, 0.3) is 0 Å². The first kappa shape index (κ1) is 18.4. The van der Waals surface area contributed by atoms with Gasteiger partial charge in [-0.2, -0.15) is 9.40 Å². The molecule has 0 spiro atoms. The van der Waals surface area contributed by atoms with E-state index >= 15 is 0 Å². The lowest BCUT2D eigenvalue weighted by molar-refractivity contribution is -0.121. The third-order valence-electron chi connectivity index (χ3n) is 3.80. The first-order chi connectivity index (χ1) is 11.4. The largest absolute Gasteiger partial charge is 0.370 e. The van der Waals surface area contributed by atoms with Gasteiger partial charge in [-0.3, -0.25) is 4.79 Å². The van der Waals surface area contributed by atoms with Crippen LogP contribution in [0.1, 0.15) is 12.8 Å². The highest BCUT2D eigenvalue weighted by atomic mass is 32.2. The molecule has 1 aromatic heterocycles. The zero-order chi connectivity index (χ0) is 17.6. The Bertz CT molecular complexity index is 660. The summed E-state index contributed by atoms with van der Waals surface area (Å²) in [4.78, 5) is 13.9. The molecule has 1 fully saturated rings. The van der Waals surface area contributed by atoms with E-state index in [1.54, 1.807) is 6.20 Å². The fraction of sp³-hybridized carbons (Fsp3) is 0.643. The number of carbonyl (C=O) groups is 1. The highest BCUT2D eigenvalue weighted by molar-refractivity contribution is 7.88. The Kier molecular flexibility index (Phi) is 6.32. The maximum Gasteiger partial charge on any atom is 0.235 e. The van der Waals surface area contributed by atoms with Crippen LogP contribution < -0.4 is 15.5 Å². The van der Waals surface area contributed by atoms with Gasteiger partial charge in [0.15, 0.2) is 5.82 Å². The van der Waals surface area contributed by atoms with E-state index in [9.17, 15) is 13.2 Å². The summed E-state index contributed by atoms with van der Waals surface area (Å²) in [5.74, 6) is 0.309. The zero-order valence-corrected chi connectivity index (χ0v) is 14.8. The molecule has 0 unspecified atom stereocenters. The monoisotopic (exact) mass is 356 g/mol. The van der Waals surface area contributed by atoms with Crippen molar-refractivity contribution in [2.24, 2.45) is 0 Å². The molecule has 0 saturated carbocycles. The topological polar surface area (TPSA) is 108 Å². The fourth-order valence-electron chi connectivity index (χ4n) is 2.36. The minimum atomic E-state index is -3.35. The Labute approximate surface area is 142 Å². The number of anilines is 2. The standard InChI is InChI=1S/C14H24N6O3S/c1-19(24(2,22)23)11-14(21)16-6-5-15-13-9-12(10-17-18-13)20-7-3-4-8-20/h9-10H,3-8,11H2,1-2H3,(H,15,18)(H,16,21). The van der Waals surface area contributed by atoms with Crippen molar-refractivity contribution in [3.63, 3.8) is 0 Å². The molecule has 9 nitrogen and oxygen atoms in total. The lowest BCUT2D eigenvalue weighted by Gasteiger charge is -2.17. The SMILES string of the molecule is CN(CC(=O)NCCNc1cc(N2CCCC2)cnn1)S(C)(=O)=O. The van der Waals surface area contributed by atoms with Gasteiger partial charge in [0, 0.05) is 39.3 Å². The van der Waals surface area contributed by atoms with Crippen molar-refractivity contribution in [2.75, 3.05) is 56.2 Å². The van der Waals surface area contributed by atoms with Crippen LogP contribution in [0, 0.1) is 0 Å². The molecule has 2 N–H and O–H groups in total. The molecule has 0 aromatic carbocycles. The molecule has 0 atom stereocenters. The molecule has 1 aliphatic rings. The second-order valence-electron chi connectivity index (χ2n) is 5.79. The highest BCUT2D eigenvalue weighted by Gasteiger charge is 2.15. The predicted molar refractivity (Wildman–Crippen MR) is 92.5 cm³/mol. The van der Waals surface area contributed by atoms with Gasteiger partial charge in [-0.25, -0.2) is 8.42 Å². The van der Waals surface area contributed by atoms with Gasteiger partial charge in [-0.05, 0) is 12.8 Å². The van der Waals surface area contributed by atoms with Crippen molar-refractivity contribution in [3.8, 4) is 0 Å². The summed E-state index contributed by atoms with van der Waals surface area (Å²) >= 11 is 0. The van der Waals surface area contributed by atoms with Crippen molar-refractivity contribution < 1.29 is 13.2 Å². The quantitative estimate of drug-likeness (QED) is 0.604. The Morgan fingerprint density at radius 3 is 2.71 bits per heavy atom. The van der Waals surface area contributed by atoms with Gasteiger partial charge in [-0.1, -0.05) is 0 Å². The van der Waals surface area contributed by atoms with Crippen LogP contribution in [-0.4, -0.2) is 74.9 Å². The van der Waals surface area contributed by atoms with Crippen molar-refractivity contribution >= 4 is 27.4 Å². The van der Waals surface area contributed by atoms with Gasteiger partial charge < -0.3 is 15.5 Å². The lowest BCUT2D eigenvalue weighted by atomic mass is 10.4. The van der Waals surface area contributed by atoms with Crippen LogP contribution >= 0.6 is 0 Å². The van der Waals surface area contributed by atoms with Crippen molar-refractivity contribution in [1.82, 2.24) is 19.8 Å². The molecule has 24 heavy (non-hydrogen) atoms. The molecule has 10 heteroatoms. The summed E-state index contributed by atoms with van der Waals surface area (Å²) < 4.78 is 23.5. The number of amides is 1. The number of nitrogens with one attached hydrogen (secondary N) is 2. The number of carbonyl (C=O) groups excluding carboxylic acids is 1. The van der Waals surface area contributed by atoms with Crippen molar-refractivity contribution in [2.45, 2.75) is 12.8 Å². The van der Waals surface area contributed by atoms with Crippen LogP contribution in [0.15, 0.2) is 12.3 Å². The number of hydrogen-bond acceptors (Lipinski definition) is 7. The molecular formula is C14H24N6O3S. The minimum absolute atomic E-state index is 0.191. The number of hydrogen-bond donors (Lipinski definition) is 2. The first-order valence-electron chi connectivity index (χ1n) is 7.86. The zero-order valence-electron chi connectivity index (χ0n) is 14.0. The molecule has 1 aromatic rings. The number of rotatable bonds is 8. The minimum Gasteiger partial charge on any atom is -0.370 e. The molecule has 2 heterocycles. The molecule has 1 saturated heterocycles. The number of likely N-dealkylation sites (N-methyl/N-ethyl adjacent to an activating group) is 1. The molecule has 1 aliphatic heterocycles. The Morgan fingerprint density at radius 1 is 1.33 bits per heavy atom. The van der Waals surface area contributed by atoms with Gasteiger partial charge in [0.1, 0.15) is 0 Å². The van der Waals surface area contributed by atoms with Gasteiger partial charge in [0.2, 0.25) is 15.9 Å². The molecule has 0 bridgehead atoms. The van der Waals surface area contributed by atoms with Crippen LogP contribution in [0.5, 0.6) is 0 Å². The molecule has 134 valence electrons. The Hall–Kier alpha value is -1.94. The molecule has 0 radical (unpaired) electrons. The summed E-state index contributed by atoms with van der Waals surface area (Å²) in [5.41, 5.74) is 1.05. The third-order valence-corrected chi connectivity index (χ3v) is 5.06. The summed E-state index contributed by atoms with van der Waals surface area (Å²) in [6, 6.07) is 1.94. The lowest BCUT2D eigenvalue weighted by Crippen LogP contribution is -2.39. The first-order valence-corrected chi connectivity index (χ1v) is 9.70. The maximum absolute atomic E-state index is 11.7. The van der Waals surface area contributed by atoms with Crippen LogP contribution in [0.3, 0.4) is 0 Å². The van der Waals surface area contributed by atoms with E-state index < -0.39 is 10.0 Å². The van der Waals surface area contributed by atoms with E-state index in [2.05, 4.69) is 25.7 Å². The summed E-state index contributed by atoms with van der Waals surface area (Å²) in [7, 11) is -1.98. The normalized spacial score (nSPS) is 14.9. The number of nitrogens with zero attached hydrogens (tertiary/aromatic N) is 4. The Morgan fingerprint density at radius 2 is 2.04 bits per heavy atom. The van der Waals surface area contributed by atoms with Crippen LogP contribution in [0.2, 0.25) is 0 Å². The van der Waals surface area contributed by atoms with E-state index in [0.29, 0.717) is 18.9 Å². The van der Waals surface area contributed by atoms with E-state index in [4.69, 9.17) is 0 Å². The third kappa shape index (κ3) is 5.60. The molecule has 0 aliphatic carbocycles. The Balaban J connectivity index is 1.72. The van der Waals surface area contributed by atoms with E-state index in [-0.39, 0.29) is 12.5 Å².